The van der Waals surface area contributed by atoms with Crippen molar-refractivity contribution in [1.82, 2.24) is 4.90 Å². The molecule has 0 heterocycles. The van der Waals surface area contributed by atoms with Crippen molar-refractivity contribution in [2.45, 2.75) is 45.6 Å². The van der Waals surface area contributed by atoms with E-state index in [-0.39, 0.29) is 11.5 Å². The Morgan fingerprint density at radius 2 is 1.79 bits per heavy atom. The van der Waals surface area contributed by atoms with Gasteiger partial charge in [0.25, 0.3) is 0 Å². The minimum atomic E-state index is -0.383. The average molecular weight is 256 g/mol. The van der Waals surface area contributed by atoms with Crippen LogP contribution in [0.3, 0.4) is 0 Å². The maximum Gasteiger partial charge on any atom is 0.0714 e. The molecule has 1 aliphatic carbocycles. The second-order valence-electron chi connectivity index (χ2n) is 6.43. The Hall–Kier alpha value is -1.33. The van der Waals surface area contributed by atoms with Gasteiger partial charge in [0, 0.05) is 0 Å². The van der Waals surface area contributed by atoms with E-state index < -0.39 is 0 Å². The summed E-state index contributed by atoms with van der Waals surface area (Å²) in [6.07, 6.45) is 5.01. The van der Waals surface area contributed by atoms with Gasteiger partial charge in [0.05, 0.1) is 17.5 Å². The van der Waals surface area contributed by atoms with Gasteiger partial charge in [-0.25, -0.2) is 0 Å². The topological polar surface area (TPSA) is 27.0 Å². The lowest BCUT2D eigenvalue weighted by Gasteiger charge is -2.35. The van der Waals surface area contributed by atoms with Crippen LogP contribution < -0.4 is 0 Å². The molecule has 1 aliphatic rings. The van der Waals surface area contributed by atoms with Crippen LogP contribution in [0.25, 0.3) is 0 Å². The smallest absolute Gasteiger partial charge is 0.0714 e. The Labute approximate surface area is 117 Å². The highest BCUT2D eigenvalue weighted by atomic mass is 15.1. The van der Waals surface area contributed by atoms with Gasteiger partial charge >= 0.3 is 0 Å². The molecule has 1 aromatic rings. The number of fused-ring (bicyclic) bond motifs is 1. The van der Waals surface area contributed by atoms with Crippen molar-refractivity contribution < 1.29 is 0 Å². The van der Waals surface area contributed by atoms with Crippen LogP contribution >= 0.6 is 0 Å². The highest BCUT2D eigenvalue weighted by molar-refractivity contribution is 5.36. The van der Waals surface area contributed by atoms with Crippen molar-refractivity contribution in [2.75, 3.05) is 14.1 Å². The second kappa shape index (κ2) is 5.35. The number of nitrogens with zero attached hydrogens (tertiary/aromatic N) is 2. The summed E-state index contributed by atoms with van der Waals surface area (Å²) in [4.78, 5) is 2.16. The Bertz CT molecular complexity index is 494. The molecule has 1 atom stereocenters. The van der Waals surface area contributed by atoms with Crippen molar-refractivity contribution in [3.63, 3.8) is 0 Å². The second-order valence-corrected chi connectivity index (χ2v) is 6.43. The lowest BCUT2D eigenvalue weighted by atomic mass is 9.79. The maximum atomic E-state index is 9.44. The fourth-order valence-corrected chi connectivity index (χ4v) is 3.34. The van der Waals surface area contributed by atoms with Gasteiger partial charge in [0.15, 0.2) is 0 Å². The average Bonchev–Trinajstić information content (AvgIpc) is 2.38. The summed E-state index contributed by atoms with van der Waals surface area (Å²) in [6, 6.07) is 9.42. The number of benzene rings is 1. The van der Waals surface area contributed by atoms with Gasteiger partial charge < -0.3 is 4.90 Å². The van der Waals surface area contributed by atoms with Gasteiger partial charge in [-0.3, -0.25) is 0 Å². The Morgan fingerprint density at radius 3 is 2.37 bits per heavy atom. The zero-order chi connectivity index (χ0) is 14.0. The number of aryl methyl sites for hydroxylation is 2. The van der Waals surface area contributed by atoms with E-state index in [0.29, 0.717) is 0 Å². The largest absolute Gasteiger partial charge is 0.301 e. The first kappa shape index (κ1) is 14.1. The van der Waals surface area contributed by atoms with Crippen molar-refractivity contribution in [3.8, 4) is 6.07 Å². The van der Waals surface area contributed by atoms with Crippen molar-refractivity contribution >= 4 is 0 Å². The zero-order valence-corrected chi connectivity index (χ0v) is 12.5. The third kappa shape index (κ3) is 2.82. The van der Waals surface area contributed by atoms with E-state index in [1.165, 1.54) is 42.4 Å². The van der Waals surface area contributed by atoms with Crippen LogP contribution in [0.15, 0.2) is 18.2 Å². The molecular weight excluding hydrogens is 232 g/mol. The first-order chi connectivity index (χ1) is 8.95. The third-order valence-corrected chi connectivity index (χ3v) is 4.18. The van der Waals surface area contributed by atoms with E-state index in [4.69, 9.17) is 0 Å². The molecule has 0 aliphatic heterocycles. The number of hydrogen-bond acceptors (Lipinski definition) is 2. The number of rotatable bonds is 3. The number of hydrogen-bond donors (Lipinski definition) is 0. The van der Waals surface area contributed by atoms with Crippen LogP contribution in [0, 0.1) is 16.7 Å². The summed E-state index contributed by atoms with van der Waals surface area (Å²) >= 11 is 0. The van der Waals surface area contributed by atoms with Crippen LogP contribution in [-0.4, -0.2) is 19.0 Å². The van der Waals surface area contributed by atoms with E-state index in [1.807, 2.05) is 13.8 Å². The molecule has 102 valence electrons. The van der Waals surface area contributed by atoms with Gasteiger partial charge in [-0.2, -0.15) is 5.26 Å². The Kier molecular flexibility index (Phi) is 3.96. The molecule has 0 radical (unpaired) electrons. The molecule has 2 rings (SSSR count). The van der Waals surface area contributed by atoms with E-state index in [2.05, 4.69) is 43.3 Å². The first-order valence-electron chi connectivity index (χ1n) is 7.15. The van der Waals surface area contributed by atoms with Crippen molar-refractivity contribution in [1.29, 1.82) is 5.26 Å². The zero-order valence-electron chi connectivity index (χ0n) is 12.5. The maximum absolute atomic E-state index is 9.44. The SMILES string of the molecule is CN(C)C(c1ccc2c(c1)CCCC2)C(C)(C)C#N. The Balaban J connectivity index is 2.41. The summed E-state index contributed by atoms with van der Waals surface area (Å²) in [5.74, 6) is 0. The summed E-state index contributed by atoms with van der Waals surface area (Å²) in [7, 11) is 4.12. The molecule has 0 N–H and O–H groups in total. The fourth-order valence-electron chi connectivity index (χ4n) is 3.34. The van der Waals surface area contributed by atoms with Crippen LogP contribution in [-0.2, 0) is 12.8 Å². The minimum absolute atomic E-state index is 0.143. The molecule has 0 saturated heterocycles. The molecule has 0 aromatic heterocycles. The molecule has 2 heteroatoms. The standard InChI is InChI=1S/C17H24N2/c1-17(2,12-18)16(19(3)4)15-10-9-13-7-5-6-8-14(13)11-15/h9-11,16H,5-8H2,1-4H3. The molecule has 0 spiro atoms. The highest BCUT2D eigenvalue weighted by Gasteiger charge is 2.33. The molecule has 0 amide bonds. The molecule has 1 unspecified atom stereocenters. The van der Waals surface area contributed by atoms with Crippen LogP contribution in [0.5, 0.6) is 0 Å². The van der Waals surface area contributed by atoms with E-state index in [0.717, 1.165) is 0 Å². The quantitative estimate of drug-likeness (QED) is 0.824. The molecule has 2 nitrogen and oxygen atoms in total. The van der Waals surface area contributed by atoms with E-state index in [9.17, 15) is 5.26 Å². The fraction of sp³-hybridized carbons (Fsp3) is 0.588. The van der Waals surface area contributed by atoms with Gasteiger partial charge in [0.2, 0.25) is 0 Å². The monoisotopic (exact) mass is 256 g/mol. The first-order valence-corrected chi connectivity index (χ1v) is 7.15. The van der Waals surface area contributed by atoms with Gasteiger partial charge in [0.1, 0.15) is 0 Å². The highest BCUT2D eigenvalue weighted by Crippen LogP contribution is 2.37. The van der Waals surface area contributed by atoms with Crippen LogP contribution in [0.4, 0.5) is 0 Å². The van der Waals surface area contributed by atoms with Crippen LogP contribution in [0.2, 0.25) is 0 Å². The third-order valence-electron chi connectivity index (χ3n) is 4.18. The number of nitriles is 1. The lowest BCUT2D eigenvalue weighted by Crippen LogP contribution is -2.32. The van der Waals surface area contributed by atoms with Gasteiger partial charge in [-0.1, -0.05) is 18.2 Å². The van der Waals surface area contributed by atoms with E-state index >= 15 is 0 Å². The van der Waals surface area contributed by atoms with Gasteiger partial charge in [-0.15, -0.1) is 0 Å². The normalized spacial score (nSPS) is 16.8. The molecule has 1 aromatic carbocycles. The summed E-state index contributed by atoms with van der Waals surface area (Å²) in [6.45, 7) is 4.05. The molecule has 0 saturated carbocycles. The molecular formula is C17H24N2. The summed E-state index contributed by atoms with van der Waals surface area (Å²) < 4.78 is 0. The lowest BCUT2D eigenvalue weighted by molar-refractivity contribution is 0.185. The molecule has 0 bridgehead atoms. The van der Waals surface area contributed by atoms with Crippen molar-refractivity contribution in [3.05, 3.63) is 34.9 Å². The van der Waals surface area contributed by atoms with Gasteiger partial charge in [-0.05, 0) is 70.3 Å². The molecule has 19 heavy (non-hydrogen) atoms. The minimum Gasteiger partial charge on any atom is -0.301 e. The predicted octanol–water partition coefficient (Wildman–Crippen LogP) is 3.72. The Morgan fingerprint density at radius 1 is 1.16 bits per heavy atom. The van der Waals surface area contributed by atoms with Crippen LogP contribution in [0.1, 0.15) is 49.4 Å². The van der Waals surface area contributed by atoms with Crippen molar-refractivity contribution in [2.24, 2.45) is 5.41 Å². The summed E-state index contributed by atoms with van der Waals surface area (Å²) in [5.41, 5.74) is 3.88. The van der Waals surface area contributed by atoms with E-state index in [1.54, 1.807) is 0 Å². The predicted molar refractivity (Wildman–Crippen MR) is 78.9 cm³/mol. The summed E-state index contributed by atoms with van der Waals surface area (Å²) in [5, 5.41) is 9.44. The molecule has 0 fully saturated rings.